The molecule has 0 aromatic carbocycles. The molecule has 0 aromatic heterocycles. The molecule has 0 aliphatic rings. The van der Waals surface area contributed by atoms with Crippen LogP contribution in [0.2, 0.25) is 0 Å². The van der Waals surface area contributed by atoms with Gasteiger partial charge in [-0.1, -0.05) is 33.8 Å². The fourth-order valence-corrected chi connectivity index (χ4v) is 1.57. The van der Waals surface area contributed by atoms with Crippen LogP contribution in [-0.2, 0) is 0 Å². The molecule has 0 rings (SSSR count). The van der Waals surface area contributed by atoms with E-state index in [4.69, 9.17) is 0 Å². The monoisotopic (exact) mass is 169 g/mol. The Morgan fingerprint density at radius 1 is 1.50 bits per heavy atom. The molecule has 0 radical (unpaired) electrons. The molecule has 0 aliphatic carbocycles. The Labute approximate surface area is 77.2 Å². The van der Waals surface area contributed by atoms with E-state index in [0.717, 1.165) is 19.0 Å². The number of rotatable bonds is 6. The standard InChI is InChI=1S/C11H23N/c1-6-11(5,8-10(3)4)9-12-7-2/h6,10,12H,1,7-9H2,2-5H3. The number of nitrogens with one attached hydrogen (secondary N) is 1. The summed E-state index contributed by atoms with van der Waals surface area (Å²) in [5.74, 6) is 0.742. The third-order valence-corrected chi connectivity index (χ3v) is 2.15. The highest BCUT2D eigenvalue weighted by molar-refractivity contribution is 4.93. The maximum Gasteiger partial charge on any atom is 0.00397 e. The molecule has 0 saturated carbocycles. The van der Waals surface area contributed by atoms with Crippen LogP contribution in [0.25, 0.3) is 0 Å². The van der Waals surface area contributed by atoms with Gasteiger partial charge in [-0.2, -0.15) is 0 Å². The van der Waals surface area contributed by atoms with Crippen molar-refractivity contribution in [2.24, 2.45) is 11.3 Å². The average Bonchev–Trinajstić information content (AvgIpc) is 2.00. The first-order chi connectivity index (χ1) is 5.54. The molecule has 0 heterocycles. The molecule has 1 N–H and O–H groups in total. The second-order valence-electron chi connectivity index (χ2n) is 4.24. The number of hydrogen-bond acceptors (Lipinski definition) is 1. The van der Waals surface area contributed by atoms with Crippen LogP contribution in [0.1, 0.15) is 34.1 Å². The molecular formula is C11H23N. The Morgan fingerprint density at radius 2 is 2.08 bits per heavy atom. The van der Waals surface area contributed by atoms with Crippen LogP contribution < -0.4 is 5.32 Å². The summed E-state index contributed by atoms with van der Waals surface area (Å²) in [5.41, 5.74) is 0.268. The van der Waals surface area contributed by atoms with Gasteiger partial charge >= 0.3 is 0 Å². The van der Waals surface area contributed by atoms with Gasteiger partial charge in [0.1, 0.15) is 0 Å². The highest BCUT2D eigenvalue weighted by Gasteiger charge is 2.20. The number of hydrogen-bond donors (Lipinski definition) is 1. The quantitative estimate of drug-likeness (QED) is 0.603. The fraction of sp³-hybridized carbons (Fsp3) is 0.818. The molecule has 1 atom stereocenters. The maximum atomic E-state index is 3.90. The van der Waals surface area contributed by atoms with E-state index in [9.17, 15) is 0 Å². The van der Waals surface area contributed by atoms with Crippen molar-refractivity contribution in [2.75, 3.05) is 13.1 Å². The first-order valence-corrected chi connectivity index (χ1v) is 4.88. The molecule has 0 aliphatic heterocycles. The Balaban J connectivity index is 3.95. The van der Waals surface area contributed by atoms with Crippen molar-refractivity contribution in [3.05, 3.63) is 12.7 Å². The van der Waals surface area contributed by atoms with Crippen molar-refractivity contribution >= 4 is 0 Å². The topological polar surface area (TPSA) is 12.0 Å². The molecule has 0 fully saturated rings. The van der Waals surface area contributed by atoms with Gasteiger partial charge in [0.15, 0.2) is 0 Å². The van der Waals surface area contributed by atoms with Gasteiger partial charge in [0.05, 0.1) is 0 Å². The van der Waals surface area contributed by atoms with E-state index in [1.54, 1.807) is 0 Å². The summed E-state index contributed by atoms with van der Waals surface area (Å²) in [7, 11) is 0. The lowest BCUT2D eigenvalue weighted by Crippen LogP contribution is -2.31. The SMILES string of the molecule is C=CC(C)(CNCC)CC(C)C. The van der Waals surface area contributed by atoms with Crippen LogP contribution in [0.5, 0.6) is 0 Å². The summed E-state index contributed by atoms with van der Waals surface area (Å²) in [4.78, 5) is 0. The van der Waals surface area contributed by atoms with Crippen molar-refractivity contribution in [1.29, 1.82) is 0 Å². The van der Waals surface area contributed by atoms with Gasteiger partial charge in [-0.15, -0.1) is 6.58 Å². The van der Waals surface area contributed by atoms with E-state index < -0.39 is 0 Å². The zero-order valence-electron chi connectivity index (χ0n) is 8.98. The van der Waals surface area contributed by atoms with Gasteiger partial charge in [-0.05, 0) is 24.3 Å². The first-order valence-electron chi connectivity index (χ1n) is 4.88. The fourth-order valence-electron chi connectivity index (χ4n) is 1.57. The normalized spacial score (nSPS) is 16.1. The van der Waals surface area contributed by atoms with E-state index in [-0.39, 0.29) is 5.41 Å². The van der Waals surface area contributed by atoms with Crippen LogP contribution in [-0.4, -0.2) is 13.1 Å². The van der Waals surface area contributed by atoms with Crippen LogP contribution in [0.15, 0.2) is 12.7 Å². The zero-order chi connectivity index (χ0) is 9.61. The Bertz CT molecular complexity index is 129. The van der Waals surface area contributed by atoms with Gasteiger partial charge in [-0.25, -0.2) is 0 Å². The van der Waals surface area contributed by atoms with Gasteiger partial charge in [0, 0.05) is 6.54 Å². The molecule has 1 nitrogen and oxygen atoms in total. The second kappa shape index (κ2) is 5.36. The molecule has 0 aromatic rings. The lowest BCUT2D eigenvalue weighted by atomic mass is 9.82. The van der Waals surface area contributed by atoms with Gasteiger partial charge < -0.3 is 5.32 Å². The molecule has 1 unspecified atom stereocenters. The van der Waals surface area contributed by atoms with Crippen molar-refractivity contribution in [3.63, 3.8) is 0 Å². The average molecular weight is 169 g/mol. The van der Waals surface area contributed by atoms with Crippen molar-refractivity contribution < 1.29 is 0 Å². The summed E-state index contributed by atoms with van der Waals surface area (Å²) in [6.07, 6.45) is 3.29. The van der Waals surface area contributed by atoms with E-state index in [2.05, 4.69) is 45.7 Å². The minimum absolute atomic E-state index is 0.268. The van der Waals surface area contributed by atoms with Gasteiger partial charge in [0.25, 0.3) is 0 Å². The maximum absolute atomic E-state index is 3.90. The first kappa shape index (κ1) is 11.7. The predicted molar refractivity (Wildman–Crippen MR) is 56.3 cm³/mol. The van der Waals surface area contributed by atoms with E-state index >= 15 is 0 Å². The van der Waals surface area contributed by atoms with Crippen LogP contribution in [0, 0.1) is 11.3 Å². The predicted octanol–water partition coefficient (Wildman–Crippen LogP) is 2.83. The highest BCUT2D eigenvalue weighted by Crippen LogP contribution is 2.26. The Morgan fingerprint density at radius 3 is 2.42 bits per heavy atom. The lowest BCUT2D eigenvalue weighted by Gasteiger charge is -2.27. The Hall–Kier alpha value is -0.300. The van der Waals surface area contributed by atoms with Crippen molar-refractivity contribution in [2.45, 2.75) is 34.1 Å². The van der Waals surface area contributed by atoms with Crippen LogP contribution >= 0.6 is 0 Å². The highest BCUT2D eigenvalue weighted by atomic mass is 14.9. The molecule has 72 valence electrons. The molecule has 0 amide bonds. The van der Waals surface area contributed by atoms with Gasteiger partial charge in [0.2, 0.25) is 0 Å². The minimum atomic E-state index is 0.268. The van der Waals surface area contributed by atoms with Crippen LogP contribution in [0.3, 0.4) is 0 Å². The summed E-state index contributed by atoms with van der Waals surface area (Å²) < 4.78 is 0. The largest absolute Gasteiger partial charge is 0.316 e. The molecule has 0 bridgehead atoms. The minimum Gasteiger partial charge on any atom is -0.316 e. The summed E-state index contributed by atoms with van der Waals surface area (Å²) in [5, 5.41) is 3.37. The lowest BCUT2D eigenvalue weighted by molar-refractivity contribution is 0.319. The molecule has 0 spiro atoms. The zero-order valence-corrected chi connectivity index (χ0v) is 8.98. The second-order valence-corrected chi connectivity index (χ2v) is 4.24. The smallest absolute Gasteiger partial charge is 0.00397 e. The third kappa shape index (κ3) is 4.55. The summed E-state index contributed by atoms with van der Waals surface area (Å²) >= 11 is 0. The molecular weight excluding hydrogens is 146 g/mol. The molecule has 12 heavy (non-hydrogen) atoms. The van der Waals surface area contributed by atoms with Gasteiger partial charge in [-0.3, -0.25) is 0 Å². The van der Waals surface area contributed by atoms with Crippen LogP contribution in [0.4, 0.5) is 0 Å². The third-order valence-electron chi connectivity index (χ3n) is 2.15. The van der Waals surface area contributed by atoms with E-state index in [1.807, 2.05) is 0 Å². The van der Waals surface area contributed by atoms with E-state index in [1.165, 1.54) is 6.42 Å². The molecule has 1 heteroatoms. The van der Waals surface area contributed by atoms with Crippen molar-refractivity contribution in [3.8, 4) is 0 Å². The Kier molecular flexibility index (Phi) is 5.23. The summed E-state index contributed by atoms with van der Waals surface area (Å²) in [6, 6.07) is 0. The summed E-state index contributed by atoms with van der Waals surface area (Å²) in [6.45, 7) is 14.9. The molecule has 0 saturated heterocycles. The van der Waals surface area contributed by atoms with Crippen molar-refractivity contribution in [1.82, 2.24) is 5.32 Å². The van der Waals surface area contributed by atoms with E-state index in [0.29, 0.717) is 0 Å².